The third-order valence-electron chi connectivity index (χ3n) is 8.33. The van der Waals surface area contributed by atoms with E-state index in [1.165, 1.54) is 11.8 Å². The Labute approximate surface area is 289 Å². The van der Waals surface area contributed by atoms with Gasteiger partial charge in [-0.2, -0.15) is 0 Å². The normalized spacial score (nSPS) is 17.4. The minimum atomic E-state index is -0.606. The molecule has 4 aromatic carbocycles. The second-order valence-corrected chi connectivity index (χ2v) is 12.7. The van der Waals surface area contributed by atoms with Crippen molar-refractivity contribution in [2.24, 2.45) is 0 Å². The second kappa shape index (κ2) is 15.4. The largest absolute Gasteiger partial charge is 0.431 e. The summed E-state index contributed by atoms with van der Waals surface area (Å²) < 4.78 is 19.5. The van der Waals surface area contributed by atoms with Crippen LogP contribution in [0.2, 0.25) is 0 Å². The molecule has 49 heavy (non-hydrogen) atoms. The van der Waals surface area contributed by atoms with Crippen LogP contribution in [0.4, 0.5) is 0 Å². The number of hydrogen-bond acceptors (Lipinski definition) is 8. The van der Waals surface area contributed by atoms with E-state index in [1.54, 1.807) is 24.5 Å². The average molecular weight is 670 g/mol. The van der Waals surface area contributed by atoms with Gasteiger partial charge in [0.2, 0.25) is 0 Å². The van der Waals surface area contributed by atoms with Crippen molar-refractivity contribution in [2.45, 2.75) is 43.3 Å². The number of hydrogen-bond donors (Lipinski definition) is 2. The van der Waals surface area contributed by atoms with Crippen molar-refractivity contribution >= 4 is 17.7 Å². The van der Waals surface area contributed by atoms with E-state index in [-0.39, 0.29) is 24.7 Å². The van der Waals surface area contributed by atoms with Gasteiger partial charge in [0.15, 0.2) is 12.1 Å². The Bertz CT molecular complexity index is 1900. The number of aliphatic hydroxyl groups excluding tert-OH is 1. The van der Waals surface area contributed by atoms with Gasteiger partial charge >= 0.3 is 0 Å². The second-order valence-electron chi connectivity index (χ2n) is 11.7. The summed E-state index contributed by atoms with van der Waals surface area (Å²) in [5, 5.41) is 13.1. The Kier molecular flexibility index (Phi) is 10.2. The lowest BCUT2D eigenvalue weighted by Crippen LogP contribution is -2.31. The number of nitrogens with one attached hydrogen (secondary N) is 1. The van der Waals surface area contributed by atoms with Crippen LogP contribution in [0.3, 0.4) is 0 Å². The molecule has 1 saturated heterocycles. The van der Waals surface area contributed by atoms with Crippen LogP contribution in [0.15, 0.2) is 143 Å². The smallest absolute Gasteiger partial charge is 0.256 e. The summed E-state index contributed by atoms with van der Waals surface area (Å²) in [5.74, 6) is 1.16. The van der Waals surface area contributed by atoms with Gasteiger partial charge in [0.1, 0.15) is 5.69 Å². The lowest BCUT2D eigenvalue weighted by molar-refractivity contribution is -0.245. The van der Waals surface area contributed by atoms with Gasteiger partial charge in [-0.15, -0.1) is 0 Å². The van der Waals surface area contributed by atoms with Crippen molar-refractivity contribution in [3.8, 4) is 22.6 Å². The standard InChI is InChI=1S/C40H35N3O5S/c44-25-28-15-17-29(18-16-28)35-22-34(26-49-40-43-36(30-8-3-1-4-9-30)37(48-40)31-10-5-2-6-11-31)46-39(47-35)32-19-13-27(14-20-32)23-42-38(45)33-12-7-21-41-24-33/h1-21,24,34-35,39,44H,22-23,25-26H2,(H,42,45)/t34-,35+,39+/m1/s1. The minimum absolute atomic E-state index is 0.0159. The maximum absolute atomic E-state index is 12.5. The van der Waals surface area contributed by atoms with E-state index in [0.29, 0.717) is 29.5 Å². The first kappa shape index (κ1) is 32.5. The molecule has 246 valence electrons. The Morgan fingerprint density at radius 3 is 2.18 bits per heavy atom. The highest BCUT2D eigenvalue weighted by molar-refractivity contribution is 7.99. The van der Waals surface area contributed by atoms with Crippen LogP contribution in [0.5, 0.6) is 0 Å². The summed E-state index contributed by atoms with van der Waals surface area (Å²) >= 11 is 1.53. The Morgan fingerprint density at radius 1 is 0.796 bits per heavy atom. The van der Waals surface area contributed by atoms with E-state index in [2.05, 4.69) is 10.3 Å². The zero-order valence-electron chi connectivity index (χ0n) is 26.6. The number of aromatic nitrogens is 2. The fourth-order valence-corrected chi connectivity index (χ4v) is 6.54. The van der Waals surface area contributed by atoms with E-state index in [9.17, 15) is 9.90 Å². The van der Waals surface area contributed by atoms with Crippen molar-refractivity contribution in [3.63, 3.8) is 0 Å². The van der Waals surface area contributed by atoms with Crippen molar-refractivity contribution in [2.75, 3.05) is 5.75 Å². The number of carbonyl (C=O) groups is 1. The molecule has 0 aliphatic carbocycles. The number of aliphatic hydroxyl groups is 1. The molecule has 1 aliphatic rings. The predicted octanol–water partition coefficient (Wildman–Crippen LogP) is 8.16. The highest BCUT2D eigenvalue weighted by Gasteiger charge is 2.33. The van der Waals surface area contributed by atoms with Gasteiger partial charge in [-0.1, -0.05) is 121 Å². The first-order valence-electron chi connectivity index (χ1n) is 16.1. The topological polar surface area (TPSA) is 107 Å². The number of nitrogens with zero attached hydrogens (tertiary/aromatic N) is 2. The lowest BCUT2D eigenvalue weighted by Gasteiger charge is -2.36. The van der Waals surface area contributed by atoms with Crippen molar-refractivity contribution in [1.82, 2.24) is 15.3 Å². The molecule has 3 heterocycles. The van der Waals surface area contributed by atoms with E-state index in [4.69, 9.17) is 18.9 Å². The number of thioether (sulfide) groups is 1. The van der Waals surface area contributed by atoms with Crippen LogP contribution < -0.4 is 5.32 Å². The maximum atomic E-state index is 12.5. The quantitative estimate of drug-likeness (QED) is 0.133. The summed E-state index contributed by atoms with van der Waals surface area (Å²) in [6.45, 7) is 0.365. The number of ether oxygens (including phenoxy) is 2. The molecule has 0 bridgehead atoms. The number of rotatable bonds is 11. The molecule has 6 aromatic rings. The van der Waals surface area contributed by atoms with Crippen LogP contribution in [-0.4, -0.2) is 32.8 Å². The molecule has 9 heteroatoms. The molecule has 0 radical (unpaired) electrons. The van der Waals surface area contributed by atoms with Crippen molar-refractivity contribution in [1.29, 1.82) is 0 Å². The molecule has 0 spiro atoms. The van der Waals surface area contributed by atoms with Gasteiger partial charge < -0.3 is 24.3 Å². The molecule has 8 nitrogen and oxygen atoms in total. The van der Waals surface area contributed by atoms with Crippen LogP contribution in [-0.2, 0) is 22.6 Å². The molecule has 1 amide bonds. The summed E-state index contributed by atoms with van der Waals surface area (Å²) in [5.41, 5.74) is 6.97. The molecule has 2 N–H and O–H groups in total. The van der Waals surface area contributed by atoms with Crippen LogP contribution in [0.1, 0.15) is 51.4 Å². The van der Waals surface area contributed by atoms with Gasteiger partial charge in [-0.25, -0.2) is 4.98 Å². The Hall–Kier alpha value is -5.06. The minimum Gasteiger partial charge on any atom is -0.431 e. The molecule has 3 atom stereocenters. The van der Waals surface area contributed by atoms with E-state index < -0.39 is 6.29 Å². The van der Waals surface area contributed by atoms with E-state index >= 15 is 0 Å². The summed E-state index contributed by atoms with van der Waals surface area (Å²) in [6, 6.07) is 39.3. The Balaban J connectivity index is 1.08. The molecule has 0 saturated carbocycles. The van der Waals surface area contributed by atoms with E-state index in [1.807, 2.05) is 109 Å². The highest BCUT2D eigenvalue weighted by Crippen LogP contribution is 2.41. The first-order chi connectivity index (χ1) is 24.1. The summed E-state index contributed by atoms with van der Waals surface area (Å²) in [6.07, 6.45) is 2.82. The SMILES string of the molecule is O=C(NCc1ccc([C@H]2O[C@@H](CSc3nc(-c4ccccc4)c(-c4ccccc4)o3)C[C@@H](c3ccc(CO)cc3)O2)cc1)c1cccnc1. The van der Waals surface area contributed by atoms with Crippen LogP contribution in [0.25, 0.3) is 22.6 Å². The third kappa shape index (κ3) is 7.98. The highest BCUT2D eigenvalue weighted by atomic mass is 32.2. The van der Waals surface area contributed by atoms with Crippen molar-refractivity contribution in [3.05, 3.63) is 162 Å². The number of amides is 1. The van der Waals surface area contributed by atoms with Crippen LogP contribution >= 0.6 is 11.8 Å². The zero-order valence-corrected chi connectivity index (χ0v) is 27.5. The fourth-order valence-electron chi connectivity index (χ4n) is 5.70. The number of benzene rings is 4. The molecule has 1 fully saturated rings. The number of oxazole rings is 1. The lowest BCUT2D eigenvalue weighted by atomic mass is 10.0. The average Bonchev–Trinajstić information content (AvgIpc) is 3.62. The molecule has 2 aromatic heterocycles. The molecule has 0 unspecified atom stereocenters. The van der Waals surface area contributed by atoms with Gasteiger partial charge in [-0.05, 0) is 28.8 Å². The fraction of sp³-hybridized carbons (Fsp3) is 0.175. The third-order valence-corrected chi connectivity index (χ3v) is 9.29. The van der Waals surface area contributed by atoms with Gasteiger partial charge in [0.25, 0.3) is 11.1 Å². The van der Waals surface area contributed by atoms with E-state index in [0.717, 1.165) is 44.8 Å². The number of pyridine rings is 1. The summed E-state index contributed by atoms with van der Waals surface area (Å²) in [4.78, 5) is 21.4. The van der Waals surface area contributed by atoms with Gasteiger partial charge in [-0.3, -0.25) is 9.78 Å². The Morgan fingerprint density at radius 2 is 1.49 bits per heavy atom. The predicted molar refractivity (Wildman–Crippen MR) is 188 cm³/mol. The maximum Gasteiger partial charge on any atom is 0.256 e. The monoisotopic (exact) mass is 669 g/mol. The molecular formula is C40H35N3O5S. The first-order valence-corrected chi connectivity index (χ1v) is 17.1. The number of carbonyl (C=O) groups excluding carboxylic acids is 1. The van der Waals surface area contributed by atoms with Crippen molar-refractivity contribution < 1.29 is 23.8 Å². The van der Waals surface area contributed by atoms with Gasteiger partial charge in [0.05, 0.1) is 24.4 Å². The molecule has 1 aliphatic heterocycles. The zero-order chi connectivity index (χ0) is 33.4. The van der Waals surface area contributed by atoms with Crippen LogP contribution in [0, 0.1) is 0 Å². The molecular weight excluding hydrogens is 635 g/mol. The van der Waals surface area contributed by atoms with Gasteiger partial charge in [0, 0.05) is 47.8 Å². The summed E-state index contributed by atoms with van der Waals surface area (Å²) in [7, 11) is 0. The molecule has 7 rings (SSSR count).